The fourth-order valence-corrected chi connectivity index (χ4v) is 6.39. The van der Waals surface area contributed by atoms with Crippen LogP contribution in [0.5, 0.6) is 5.75 Å². The molecule has 0 aromatic heterocycles. The number of terminal acetylenes is 1. The Hall–Kier alpha value is -6.40. The molecule has 3 rings (SSSR count). The Bertz CT molecular complexity index is 1970. The predicted octanol–water partition coefficient (Wildman–Crippen LogP) is 1.12. The Labute approximate surface area is 363 Å². The lowest BCUT2D eigenvalue weighted by Crippen LogP contribution is -2.70. The van der Waals surface area contributed by atoms with Gasteiger partial charge in [0.05, 0.1) is 59.0 Å². The lowest BCUT2D eigenvalue weighted by atomic mass is 9.87. The maximum atomic E-state index is 13.7. The number of hydrogen-bond donors (Lipinski definition) is 2. The van der Waals surface area contributed by atoms with Crippen LogP contribution in [0.4, 0.5) is 0 Å². The van der Waals surface area contributed by atoms with Gasteiger partial charge in [-0.1, -0.05) is 48.4 Å². The minimum absolute atomic E-state index is 0.0552. The monoisotopic (exact) mass is 884 g/mol. The number of carbonyl (C=O) groups excluding carboxylic acids is 8. The second-order valence-corrected chi connectivity index (χ2v) is 13.8. The zero-order valence-corrected chi connectivity index (χ0v) is 35.8. The Morgan fingerprint density at radius 2 is 1.51 bits per heavy atom. The van der Waals surface area contributed by atoms with Crippen molar-refractivity contribution >= 4 is 47.6 Å². The summed E-state index contributed by atoms with van der Waals surface area (Å²) in [6.07, 6.45) is -2.53. The number of rotatable bonds is 23. The fraction of sp³-hybridized carbons (Fsp3) is 0.488. The van der Waals surface area contributed by atoms with Crippen LogP contribution in [-0.2, 0) is 87.4 Å². The van der Waals surface area contributed by atoms with Crippen molar-refractivity contribution in [2.75, 3.05) is 53.3 Å². The molecule has 0 aliphatic carbocycles. The summed E-state index contributed by atoms with van der Waals surface area (Å²) < 4.78 is 55.2. The predicted molar refractivity (Wildman–Crippen MR) is 216 cm³/mol. The summed E-state index contributed by atoms with van der Waals surface area (Å²) in [6, 6.07) is 12.4. The van der Waals surface area contributed by atoms with Gasteiger partial charge in [-0.3, -0.25) is 33.6 Å². The maximum absolute atomic E-state index is 13.7. The number of benzene rings is 2. The average molecular weight is 885 g/mol. The molecular formula is C43H52N2O18. The third kappa shape index (κ3) is 16.8. The number of methoxy groups -OCH3 is 1. The van der Waals surface area contributed by atoms with Crippen molar-refractivity contribution in [3.05, 3.63) is 54.1 Å². The van der Waals surface area contributed by atoms with Crippen molar-refractivity contribution in [1.29, 1.82) is 0 Å². The molecule has 2 aromatic rings. The Kier molecular flexibility index (Phi) is 20.6. The number of nitrogens with one attached hydrogen (secondary N) is 2. The first-order valence-electron chi connectivity index (χ1n) is 19.6. The third-order valence-corrected chi connectivity index (χ3v) is 8.78. The lowest BCUT2D eigenvalue weighted by Gasteiger charge is -2.48. The molecule has 1 heterocycles. The minimum Gasteiger partial charge on any atom is -0.465 e. The fourth-order valence-electron chi connectivity index (χ4n) is 6.39. The van der Waals surface area contributed by atoms with Crippen LogP contribution < -0.4 is 15.4 Å². The second-order valence-electron chi connectivity index (χ2n) is 13.8. The molecule has 6 atom stereocenters. The van der Waals surface area contributed by atoms with Crippen molar-refractivity contribution in [2.24, 2.45) is 0 Å². The zero-order valence-electron chi connectivity index (χ0n) is 35.8. The summed E-state index contributed by atoms with van der Waals surface area (Å²) in [5.74, 6) is -6.88. The summed E-state index contributed by atoms with van der Waals surface area (Å²) in [7, 11) is 1.02. The molecule has 1 aliphatic heterocycles. The van der Waals surface area contributed by atoms with Crippen molar-refractivity contribution in [3.8, 4) is 29.2 Å². The molecule has 63 heavy (non-hydrogen) atoms. The molecule has 0 unspecified atom stereocenters. The van der Waals surface area contributed by atoms with Crippen LogP contribution >= 0.6 is 0 Å². The number of esters is 6. The minimum atomic E-state index is -2.46. The van der Waals surface area contributed by atoms with Gasteiger partial charge in [-0.25, -0.2) is 4.79 Å². The summed E-state index contributed by atoms with van der Waals surface area (Å²) in [4.78, 5) is 102. The first-order valence-corrected chi connectivity index (χ1v) is 19.6. The Morgan fingerprint density at radius 1 is 0.825 bits per heavy atom. The van der Waals surface area contributed by atoms with E-state index in [-0.39, 0.29) is 45.2 Å². The van der Waals surface area contributed by atoms with E-state index < -0.39 is 103 Å². The van der Waals surface area contributed by atoms with Crippen LogP contribution in [0, 0.1) is 12.3 Å². The van der Waals surface area contributed by atoms with Crippen molar-refractivity contribution < 1.29 is 85.7 Å². The summed E-state index contributed by atoms with van der Waals surface area (Å²) in [5, 5.41) is 5.16. The van der Waals surface area contributed by atoms with E-state index >= 15 is 0 Å². The van der Waals surface area contributed by atoms with Gasteiger partial charge in [0.2, 0.25) is 5.91 Å². The highest BCUT2D eigenvalue weighted by Gasteiger charge is 2.59. The highest BCUT2D eigenvalue weighted by molar-refractivity contribution is 5.82. The van der Waals surface area contributed by atoms with Gasteiger partial charge in [0.15, 0.2) is 18.8 Å². The molecule has 1 saturated heterocycles. The van der Waals surface area contributed by atoms with E-state index in [1.54, 1.807) is 12.1 Å². The van der Waals surface area contributed by atoms with Gasteiger partial charge < -0.3 is 58.0 Å². The van der Waals surface area contributed by atoms with Crippen LogP contribution in [0.25, 0.3) is 11.1 Å². The van der Waals surface area contributed by atoms with Crippen LogP contribution in [0.2, 0.25) is 0 Å². The van der Waals surface area contributed by atoms with Crippen LogP contribution in [0.3, 0.4) is 0 Å². The first-order chi connectivity index (χ1) is 30.0. The Balaban J connectivity index is 2.04. The molecule has 20 heteroatoms. The van der Waals surface area contributed by atoms with E-state index in [2.05, 4.69) is 16.6 Å². The van der Waals surface area contributed by atoms with Gasteiger partial charge in [0, 0.05) is 40.2 Å². The summed E-state index contributed by atoms with van der Waals surface area (Å²) in [5.41, 5.74) is 1.76. The van der Waals surface area contributed by atoms with E-state index in [1.807, 2.05) is 30.3 Å². The molecule has 0 spiro atoms. The topological polar surface area (TPSA) is 253 Å². The lowest BCUT2D eigenvalue weighted by molar-refractivity contribution is -0.315. The molecule has 1 aliphatic rings. The third-order valence-electron chi connectivity index (χ3n) is 8.78. The molecule has 0 bridgehead atoms. The number of carbonyl (C=O) groups is 8. The molecular weight excluding hydrogens is 832 g/mol. The van der Waals surface area contributed by atoms with Gasteiger partial charge in [-0.2, -0.15) is 0 Å². The van der Waals surface area contributed by atoms with Gasteiger partial charge in [-0.05, 0) is 17.2 Å². The number of ether oxygens (including phenoxy) is 10. The van der Waals surface area contributed by atoms with Crippen molar-refractivity contribution in [3.63, 3.8) is 0 Å². The summed E-state index contributed by atoms with van der Waals surface area (Å²) in [6.45, 7) is 3.79. The number of amides is 2. The SMILES string of the molecule is C#CCOCCOCCO[C@]1(C(=O)OC)C[C@H](OC(C)=O)[C@@H](NC(=O)COC(C)=O)[C@H]([C@H](OC(C)=O)[C@@H](CNC(=O)Cc2ccc(-c3ccccc3)c(OC(C)=O)c2)OC(C)=O)O1. The van der Waals surface area contributed by atoms with Crippen LogP contribution in [0.15, 0.2) is 48.5 Å². The highest BCUT2D eigenvalue weighted by Crippen LogP contribution is 2.37. The Morgan fingerprint density at radius 3 is 2.13 bits per heavy atom. The summed E-state index contributed by atoms with van der Waals surface area (Å²) >= 11 is 0. The zero-order chi connectivity index (χ0) is 46.5. The molecule has 20 nitrogen and oxygen atoms in total. The molecule has 2 N–H and O–H groups in total. The van der Waals surface area contributed by atoms with Crippen molar-refractivity contribution in [1.82, 2.24) is 10.6 Å². The molecule has 2 aromatic carbocycles. The second kappa shape index (κ2) is 25.5. The van der Waals surface area contributed by atoms with Crippen molar-refractivity contribution in [2.45, 2.75) is 83.7 Å². The van der Waals surface area contributed by atoms with E-state index in [9.17, 15) is 38.4 Å². The molecule has 2 amide bonds. The standard InChI is InChI=1S/C43H52N2O18/c1-8-16-55-17-18-56-19-20-58-43(42(53)54-7)23-35(60-28(4)48)39(45-38(52)25-57-26(2)46)41(63-43)40(62-30(6)50)36(61-29(5)49)24-44-37(51)22-31-14-15-33(32-12-10-9-11-13-32)34(21-31)59-27(3)47/h1,9-15,21,35-36,39-41H,16-20,22-25H2,2-7H3,(H,44,51)(H,45,52)/t35-,36+,39+,40+,41+,43+/m0/s1. The molecule has 342 valence electrons. The largest absolute Gasteiger partial charge is 0.465 e. The van der Waals surface area contributed by atoms with Gasteiger partial charge >= 0.3 is 35.8 Å². The maximum Gasteiger partial charge on any atom is 0.366 e. The van der Waals surface area contributed by atoms with E-state index in [0.717, 1.165) is 40.4 Å². The van der Waals surface area contributed by atoms with E-state index in [4.69, 9.17) is 53.8 Å². The normalized spacial score (nSPS) is 18.8. The quantitative estimate of drug-likeness (QED) is 0.0521. The van der Waals surface area contributed by atoms with Gasteiger partial charge in [-0.15, -0.1) is 6.42 Å². The van der Waals surface area contributed by atoms with Gasteiger partial charge in [0.25, 0.3) is 11.7 Å². The van der Waals surface area contributed by atoms with Crippen LogP contribution in [-0.4, -0.2) is 137 Å². The van der Waals surface area contributed by atoms with E-state index in [1.165, 1.54) is 13.0 Å². The van der Waals surface area contributed by atoms with Gasteiger partial charge in [0.1, 0.15) is 24.6 Å². The first kappa shape index (κ1) is 51.0. The van der Waals surface area contributed by atoms with Crippen LogP contribution in [0.1, 0.15) is 46.6 Å². The highest BCUT2D eigenvalue weighted by atomic mass is 16.7. The van der Waals surface area contributed by atoms with E-state index in [0.29, 0.717) is 11.1 Å². The molecule has 1 fully saturated rings. The average Bonchev–Trinajstić information content (AvgIpc) is 3.22. The number of hydrogen-bond acceptors (Lipinski definition) is 18. The molecule has 0 radical (unpaired) electrons. The smallest absolute Gasteiger partial charge is 0.366 e. The molecule has 0 saturated carbocycles.